The molecule has 0 bridgehead atoms. The second-order valence-electron chi connectivity index (χ2n) is 9.28. The summed E-state index contributed by atoms with van der Waals surface area (Å²) in [6.45, 7) is 6.26. The fourth-order valence-corrected chi connectivity index (χ4v) is 4.86. The number of piperazine rings is 1. The SMILES string of the molecule is Cc1ccc([C@H](CNC(=O)c2cc(-c3ccc4c(c3)CCCC4)on2)N2CCN(C)CC2)o1. The number of fused-ring (bicyclic) bond motifs is 1. The number of likely N-dealkylation sites (N-methyl/N-ethyl adjacent to an activating group) is 1. The van der Waals surface area contributed by atoms with Crippen molar-refractivity contribution in [1.82, 2.24) is 20.3 Å². The molecule has 2 aromatic heterocycles. The molecule has 1 fully saturated rings. The largest absolute Gasteiger partial charge is 0.465 e. The minimum Gasteiger partial charge on any atom is -0.465 e. The maximum absolute atomic E-state index is 12.9. The highest BCUT2D eigenvalue weighted by Crippen LogP contribution is 2.28. The Morgan fingerprint density at radius 3 is 2.61 bits per heavy atom. The Kier molecular flexibility index (Phi) is 6.33. The fraction of sp³-hybridized carbons (Fsp3) is 0.462. The Labute approximate surface area is 194 Å². The van der Waals surface area contributed by atoms with E-state index in [0.29, 0.717) is 18.0 Å². The molecule has 1 amide bonds. The van der Waals surface area contributed by atoms with Crippen molar-refractivity contribution >= 4 is 5.91 Å². The Hall–Kier alpha value is -2.90. The predicted octanol–water partition coefficient (Wildman–Crippen LogP) is 3.84. The first-order valence-corrected chi connectivity index (χ1v) is 11.9. The lowest BCUT2D eigenvalue weighted by molar-refractivity contribution is 0.0843. The van der Waals surface area contributed by atoms with E-state index in [1.165, 1.54) is 24.0 Å². The van der Waals surface area contributed by atoms with Crippen molar-refractivity contribution in [2.45, 2.75) is 38.6 Å². The zero-order valence-corrected chi connectivity index (χ0v) is 19.5. The van der Waals surface area contributed by atoms with Gasteiger partial charge in [0.05, 0.1) is 6.04 Å². The van der Waals surface area contributed by atoms with Crippen molar-refractivity contribution in [2.75, 3.05) is 39.8 Å². The topological polar surface area (TPSA) is 74.8 Å². The van der Waals surface area contributed by atoms with Gasteiger partial charge in [-0.05, 0) is 69.0 Å². The van der Waals surface area contributed by atoms with Crippen LogP contribution < -0.4 is 5.32 Å². The molecule has 3 heterocycles. The third kappa shape index (κ3) is 4.89. The van der Waals surface area contributed by atoms with Gasteiger partial charge in [-0.2, -0.15) is 0 Å². The van der Waals surface area contributed by atoms with Crippen LogP contribution in [0.5, 0.6) is 0 Å². The fourth-order valence-electron chi connectivity index (χ4n) is 4.86. The number of nitrogens with zero attached hydrogens (tertiary/aromatic N) is 3. The number of benzene rings is 1. The smallest absolute Gasteiger partial charge is 0.273 e. The lowest BCUT2D eigenvalue weighted by Gasteiger charge is -2.37. The molecule has 0 unspecified atom stereocenters. The maximum atomic E-state index is 12.9. The number of amides is 1. The number of nitrogens with one attached hydrogen (secondary N) is 1. The molecular weight excluding hydrogens is 416 g/mol. The Balaban J connectivity index is 1.27. The Morgan fingerprint density at radius 1 is 1.06 bits per heavy atom. The summed E-state index contributed by atoms with van der Waals surface area (Å²) in [4.78, 5) is 17.6. The van der Waals surface area contributed by atoms with Crippen LogP contribution in [0.1, 0.15) is 52.0 Å². The monoisotopic (exact) mass is 448 g/mol. The molecule has 3 aromatic rings. The van der Waals surface area contributed by atoms with Crippen molar-refractivity contribution < 1.29 is 13.7 Å². The summed E-state index contributed by atoms with van der Waals surface area (Å²) in [5, 5.41) is 7.10. The van der Waals surface area contributed by atoms with Crippen LogP contribution >= 0.6 is 0 Å². The van der Waals surface area contributed by atoms with Gasteiger partial charge in [-0.3, -0.25) is 9.69 Å². The molecule has 7 heteroatoms. The van der Waals surface area contributed by atoms with Crippen LogP contribution in [0.4, 0.5) is 0 Å². The van der Waals surface area contributed by atoms with E-state index in [9.17, 15) is 4.79 Å². The molecule has 1 saturated heterocycles. The molecule has 174 valence electrons. The van der Waals surface area contributed by atoms with E-state index in [4.69, 9.17) is 8.94 Å². The molecular formula is C26H32N4O3. The number of hydrogen-bond donors (Lipinski definition) is 1. The molecule has 7 nitrogen and oxygen atoms in total. The van der Waals surface area contributed by atoms with Gasteiger partial charge in [-0.15, -0.1) is 0 Å². The molecule has 0 radical (unpaired) electrons. The third-order valence-corrected chi connectivity index (χ3v) is 6.90. The highest BCUT2D eigenvalue weighted by atomic mass is 16.5. The quantitative estimate of drug-likeness (QED) is 0.618. The van der Waals surface area contributed by atoms with Gasteiger partial charge in [-0.25, -0.2) is 0 Å². The van der Waals surface area contributed by atoms with E-state index in [2.05, 4.69) is 45.5 Å². The zero-order chi connectivity index (χ0) is 22.8. The molecule has 1 aromatic carbocycles. The molecule has 1 aliphatic carbocycles. The number of furan rings is 1. The standard InChI is InChI=1S/C26H32N4O3/c1-18-7-10-24(32-18)23(30-13-11-29(2)12-14-30)17-27-26(31)22-16-25(33-28-22)21-9-8-19-5-3-4-6-20(19)15-21/h7-10,15-16,23H,3-6,11-14,17H2,1-2H3,(H,27,31)/t23-/m0/s1. The van der Waals surface area contributed by atoms with Gasteiger partial charge >= 0.3 is 0 Å². The number of carbonyl (C=O) groups is 1. The van der Waals surface area contributed by atoms with Gasteiger partial charge in [0.15, 0.2) is 11.5 Å². The van der Waals surface area contributed by atoms with Crippen molar-refractivity contribution in [2.24, 2.45) is 0 Å². The second-order valence-corrected chi connectivity index (χ2v) is 9.28. The Morgan fingerprint density at radius 2 is 1.85 bits per heavy atom. The number of hydrogen-bond acceptors (Lipinski definition) is 6. The van der Waals surface area contributed by atoms with Gasteiger partial charge in [0.1, 0.15) is 11.5 Å². The van der Waals surface area contributed by atoms with Crippen LogP contribution in [-0.4, -0.2) is 60.6 Å². The number of aryl methyl sites for hydroxylation is 3. The lowest BCUT2D eigenvalue weighted by Crippen LogP contribution is -2.48. The molecule has 5 rings (SSSR count). The molecule has 1 atom stereocenters. The van der Waals surface area contributed by atoms with Crippen LogP contribution in [0.3, 0.4) is 0 Å². The van der Waals surface area contributed by atoms with E-state index < -0.39 is 0 Å². The van der Waals surface area contributed by atoms with Gasteiger partial charge < -0.3 is 19.2 Å². The average molecular weight is 449 g/mol. The van der Waals surface area contributed by atoms with Gasteiger partial charge in [0, 0.05) is 44.4 Å². The van der Waals surface area contributed by atoms with Gasteiger partial charge in [0.2, 0.25) is 0 Å². The first kappa shape index (κ1) is 21.9. The first-order chi connectivity index (χ1) is 16.1. The average Bonchev–Trinajstić information content (AvgIpc) is 3.50. The van der Waals surface area contributed by atoms with Crippen LogP contribution in [0.15, 0.2) is 45.3 Å². The van der Waals surface area contributed by atoms with Crippen molar-refractivity contribution in [3.05, 3.63) is 64.7 Å². The van der Waals surface area contributed by atoms with Crippen LogP contribution in [-0.2, 0) is 12.8 Å². The van der Waals surface area contributed by atoms with Crippen LogP contribution in [0.25, 0.3) is 11.3 Å². The summed E-state index contributed by atoms with van der Waals surface area (Å²) in [5.41, 5.74) is 4.08. The van der Waals surface area contributed by atoms with Crippen molar-refractivity contribution in [3.8, 4) is 11.3 Å². The van der Waals surface area contributed by atoms with Crippen molar-refractivity contribution in [3.63, 3.8) is 0 Å². The molecule has 33 heavy (non-hydrogen) atoms. The minimum absolute atomic E-state index is 0.0108. The first-order valence-electron chi connectivity index (χ1n) is 11.9. The highest BCUT2D eigenvalue weighted by molar-refractivity contribution is 5.93. The van der Waals surface area contributed by atoms with Gasteiger partial charge in [0.25, 0.3) is 5.91 Å². The predicted molar refractivity (Wildman–Crippen MR) is 126 cm³/mol. The molecule has 0 saturated carbocycles. The Bertz CT molecular complexity index is 1110. The summed E-state index contributed by atoms with van der Waals surface area (Å²) in [6, 6.07) is 12.1. The number of rotatable bonds is 6. The van der Waals surface area contributed by atoms with E-state index in [1.54, 1.807) is 6.07 Å². The van der Waals surface area contributed by atoms with Crippen molar-refractivity contribution in [1.29, 1.82) is 0 Å². The van der Waals surface area contributed by atoms with E-state index in [-0.39, 0.29) is 11.9 Å². The molecule has 2 aliphatic rings. The lowest BCUT2D eigenvalue weighted by atomic mass is 9.90. The summed E-state index contributed by atoms with van der Waals surface area (Å²) >= 11 is 0. The summed E-state index contributed by atoms with van der Waals surface area (Å²) in [5.74, 6) is 2.16. The van der Waals surface area contributed by atoms with Crippen LogP contribution in [0, 0.1) is 6.92 Å². The highest BCUT2D eigenvalue weighted by Gasteiger charge is 2.27. The maximum Gasteiger partial charge on any atom is 0.273 e. The summed E-state index contributed by atoms with van der Waals surface area (Å²) in [7, 11) is 2.13. The summed E-state index contributed by atoms with van der Waals surface area (Å²) in [6.07, 6.45) is 4.73. The molecule has 1 aliphatic heterocycles. The zero-order valence-electron chi connectivity index (χ0n) is 19.5. The number of aromatic nitrogens is 1. The molecule has 1 N–H and O–H groups in total. The second kappa shape index (κ2) is 9.53. The molecule has 0 spiro atoms. The van der Waals surface area contributed by atoms with E-state index in [1.807, 2.05) is 19.1 Å². The number of carbonyl (C=O) groups excluding carboxylic acids is 1. The van der Waals surface area contributed by atoms with E-state index >= 15 is 0 Å². The van der Waals surface area contributed by atoms with Crippen LogP contribution in [0.2, 0.25) is 0 Å². The third-order valence-electron chi connectivity index (χ3n) is 6.90. The normalized spacial score (nSPS) is 18.1. The van der Waals surface area contributed by atoms with Gasteiger partial charge in [-0.1, -0.05) is 17.3 Å². The van der Waals surface area contributed by atoms with E-state index in [0.717, 1.165) is 56.1 Å². The minimum atomic E-state index is -0.231. The summed E-state index contributed by atoms with van der Waals surface area (Å²) < 4.78 is 11.5.